The lowest BCUT2D eigenvalue weighted by molar-refractivity contribution is -0.157. The van der Waals surface area contributed by atoms with Gasteiger partial charge < -0.3 is 14.8 Å². The zero-order chi connectivity index (χ0) is 20.1. The van der Waals surface area contributed by atoms with Crippen molar-refractivity contribution in [1.29, 1.82) is 0 Å². The van der Waals surface area contributed by atoms with Crippen molar-refractivity contribution in [2.24, 2.45) is 0 Å². The smallest absolute Gasteiger partial charge is 0.332 e. The van der Waals surface area contributed by atoms with Gasteiger partial charge in [0.2, 0.25) is 0 Å². The molecular formula is C21H22N2O4S. The fraction of sp³-hybridized carbons (Fsp3) is 0.286. The van der Waals surface area contributed by atoms with Gasteiger partial charge in [0.1, 0.15) is 11.6 Å². The van der Waals surface area contributed by atoms with Crippen molar-refractivity contribution in [1.82, 2.24) is 4.98 Å². The van der Waals surface area contributed by atoms with Gasteiger partial charge in [0.25, 0.3) is 5.91 Å². The van der Waals surface area contributed by atoms with E-state index in [1.807, 2.05) is 24.3 Å². The monoisotopic (exact) mass is 398 g/mol. The number of thiazole rings is 1. The fourth-order valence-corrected chi connectivity index (χ4v) is 3.63. The van der Waals surface area contributed by atoms with Crippen LogP contribution in [0.25, 0.3) is 20.8 Å². The van der Waals surface area contributed by atoms with E-state index < -0.39 is 18.0 Å². The average Bonchev–Trinajstić information content (AvgIpc) is 3.10. The van der Waals surface area contributed by atoms with Gasteiger partial charge in [-0.1, -0.05) is 6.07 Å². The summed E-state index contributed by atoms with van der Waals surface area (Å²) in [6.07, 6.45) is -0.903. The Morgan fingerprint density at radius 3 is 2.64 bits per heavy atom. The van der Waals surface area contributed by atoms with E-state index >= 15 is 0 Å². The van der Waals surface area contributed by atoms with Crippen LogP contribution in [0.1, 0.15) is 19.4 Å². The standard InChI is InChI=1S/C21H22N2O4S/c1-4-26-12-19(24)27-14(3)20(25)22-16-8-6-15(7-9-16)21-23-17-10-5-13(2)11-18(17)28-21/h5-11,14H,4,12H2,1-3H3,(H,22,25)/t14-/m1/s1. The Morgan fingerprint density at radius 2 is 1.93 bits per heavy atom. The first-order chi connectivity index (χ1) is 13.5. The number of amides is 1. The first-order valence-electron chi connectivity index (χ1n) is 9.02. The minimum absolute atomic E-state index is 0.162. The Kier molecular flexibility index (Phi) is 6.38. The summed E-state index contributed by atoms with van der Waals surface area (Å²) in [5, 5.41) is 3.67. The molecule has 3 aromatic rings. The van der Waals surface area contributed by atoms with Crippen LogP contribution < -0.4 is 5.32 Å². The van der Waals surface area contributed by atoms with Gasteiger partial charge in [0.15, 0.2) is 6.10 Å². The van der Waals surface area contributed by atoms with E-state index in [1.165, 1.54) is 12.5 Å². The Balaban J connectivity index is 1.63. The molecule has 0 aliphatic carbocycles. The molecule has 0 unspecified atom stereocenters. The van der Waals surface area contributed by atoms with E-state index in [0.29, 0.717) is 12.3 Å². The van der Waals surface area contributed by atoms with Gasteiger partial charge in [-0.3, -0.25) is 4.79 Å². The predicted octanol–water partition coefficient (Wildman–Crippen LogP) is 4.18. The van der Waals surface area contributed by atoms with E-state index in [1.54, 1.807) is 30.4 Å². The highest BCUT2D eigenvalue weighted by Crippen LogP contribution is 2.31. The molecule has 0 saturated carbocycles. The van der Waals surface area contributed by atoms with Crippen LogP contribution in [0.4, 0.5) is 5.69 Å². The minimum Gasteiger partial charge on any atom is -0.451 e. The van der Waals surface area contributed by atoms with Crippen molar-refractivity contribution >= 4 is 39.1 Å². The Morgan fingerprint density at radius 1 is 1.18 bits per heavy atom. The van der Waals surface area contributed by atoms with Crippen molar-refractivity contribution in [2.75, 3.05) is 18.5 Å². The lowest BCUT2D eigenvalue weighted by Gasteiger charge is -2.13. The third-order valence-corrected chi connectivity index (χ3v) is 5.11. The molecule has 6 nitrogen and oxygen atoms in total. The van der Waals surface area contributed by atoms with Crippen LogP contribution >= 0.6 is 11.3 Å². The third kappa shape index (κ3) is 4.94. The maximum Gasteiger partial charge on any atom is 0.332 e. The number of fused-ring (bicyclic) bond motifs is 1. The molecule has 0 bridgehead atoms. The number of esters is 1. The molecule has 1 heterocycles. The van der Waals surface area contributed by atoms with E-state index in [-0.39, 0.29) is 6.61 Å². The highest BCUT2D eigenvalue weighted by Gasteiger charge is 2.18. The number of carbonyl (C=O) groups is 2. The van der Waals surface area contributed by atoms with Gasteiger partial charge in [-0.25, -0.2) is 9.78 Å². The topological polar surface area (TPSA) is 77.5 Å². The number of benzene rings is 2. The quantitative estimate of drug-likeness (QED) is 0.604. The molecule has 0 radical (unpaired) electrons. The number of hydrogen-bond donors (Lipinski definition) is 1. The van der Waals surface area contributed by atoms with Gasteiger partial charge in [0, 0.05) is 17.9 Å². The molecule has 3 rings (SSSR count). The molecule has 1 aromatic heterocycles. The van der Waals surface area contributed by atoms with E-state index in [0.717, 1.165) is 20.8 Å². The third-order valence-electron chi connectivity index (χ3n) is 4.04. The molecule has 1 amide bonds. The van der Waals surface area contributed by atoms with Crippen LogP contribution in [0.15, 0.2) is 42.5 Å². The van der Waals surface area contributed by atoms with Gasteiger partial charge in [-0.05, 0) is 62.7 Å². The Bertz CT molecular complexity index is 982. The minimum atomic E-state index is -0.903. The number of nitrogens with one attached hydrogen (secondary N) is 1. The van der Waals surface area contributed by atoms with Crippen molar-refractivity contribution < 1.29 is 19.1 Å². The van der Waals surface area contributed by atoms with Gasteiger partial charge >= 0.3 is 5.97 Å². The zero-order valence-electron chi connectivity index (χ0n) is 16.0. The molecule has 146 valence electrons. The molecule has 2 aromatic carbocycles. The number of carbonyl (C=O) groups excluding carboxylic acids is 2. The van der Waals surface area contributed by atoms with Crippen molar-refractivity contribution in [3.05, 3.63) is 48.0 Å². The van der Waals surface area contributed by atoms with Crippen molar-refractivity contribution in [3.8, 4) is 10.6 Å². The first-order valence-corrected chi connectivity index (χ1v) is 9.83. The normalized spacial score (nSPS) is 12.0. The number of rotatable bonds is 7. The summed E-state index contributed by atoms with van der Waals surface area (Å²) in [6.45, 7) is 5.62. The number of aryl methyl sites for hydroxylation is 1. The highest BCUT2D eigenvalue weighted by molar-refractivity contribution is 7.21. The second-order valence-corrected chi connectivity index (χ2v) is 7.36. The van der Waals surface area contributed by atoms with Crippen LogP contribution in [-0.4, -0.2) is 36.2 Å². The van der Waals surface area contributed by atoms with Gasteiger partial charge in [-0.15, -0.1) is 11.3 Å². The summed E-state index contributed by atoms with van der Waals surface area (Å²) in [4.78, 5) is 28.4. The molecule has 1 atom stereocenters. The van der Waals surface area contributed by atoms with Crippen LogP contribution in [0.5, 0.6) is 0 Å². The molecule has 1 N–H and O–H groups in total. The molecular weight excluding hydrogens is 376 g/mol. The summed E-state index contributed by atoms with van der Waals surface area (Å²) in [6, 6.07) is 13.6. The molecule has 0 saturated heterocycles. The average molecular weight is 398 g/mol. The SMILES string of the molecule is CCOCC(=O)O[C@H](C)C(=O)Nc1ccc(-c2nc3ccc(C)cc3s2)cc1. The number of ether oxygens (including phenoxy) is 2. The first kappa shape index (κ1) is 20.0. The van der Waals surface area contributed by atoms with Crippen molar-refractivity contribution in [3.63, 3.8) is 0 Å². The molecule has 0 aliphatic heterocycles. The summed E-state index contributed by atoms with van der Waals surface area (Å²) in [7, 11) is 0. The summed E-state index contributed by atoms with van der Waals surface area (Å²) in [5.74, 6) is -0.959. The van der Waals surface area contributed by atoms with Crippen molar-refractivity contribution in [2.45, 2.75) is 26.9 Å². The van der Waals surface area contributed by atoms with Gasteiger partial charge in [-0.2, -0.15) is 0 Å². The van der Waals surface area contributed by atoms with E-state index in [9.17, 15) is 9.59 Å². The van der Waals surface area contributed by atoms with Crippen LogP contribution in [0.2, 0.25) is 0 Å². The van der Waals surface area contributed by atoms with Crippen LogP contribution in [0, 0.1) is 6.92 Å². The largest absolute Gasteiger partial charge is 0.451 e. The molecule has 0 aliphatic rings. The summed E-state index contributed by atoms with van der Waals surface area (Å²) in [5.41, 5.74) is 3.79. The fourth-order valence-electron chi connectivity index (χ4n) is 2.57. The zero-order valence-corrected chi connectivity index (χ0v) is 16.8. The predicted molar refractivity (Wildman–Crippen MR) is 110 cm³/mol. The van der Waals surface area contributed by atoms with Crippen LogP contribution in [0.3, 0.4) is 0 Å². The number of aromatic nitrogens is 1. The number of nitrogens with zero attached hydrogens (tertiary/aromatic N) is 1. The molecule has 28 heavy (non-hydrogen) atoms. The lowest BCUT2D eigenvalue weighted by atomic mass is 10.2. The molecule has 0 fully saturated rings. The van der Waals surface area contributed by atoms with Gasteiger partial charge in [0.05, 0.1) is 10.2 Å². The Labute approximate surface area is 167 Å². The highest BCUT2D eigenvalue weighted by atomic mass is 32.1. The van der Waals surface area contributed by atoms with Crippen LogP contribution in [-0.2, 0) is 19.1 Å². The maximum absolute atomic E-state index is 12.2. The molecule has 0 spiro atoms. The summed E-state index contributed by atoms with van der Waals surface area (Å²) < 4.78 is 11.2. The Hall–Kier alpha value is -2.77. The van der Waals surface area contributed by atoms with E-state index in [4.69, 9.17) is 9.47 Å². The maximum atomic E-state index is 12.2. The molecule has 7 heteroatoms. The lowest BCUT2D eigenvalue weighted by Crippen LogP contribution is -2.31. The van der Waals surface area contributed by atoms with E-state index in [2.05, 4.69) is 23.3 Å². The number of anilines is 1. The summed E-state index contributed by atoms with van der Waals surface area (Å²) >= 11 is 1.63. The second-order valence-electron chi connectivity index (χ2n) is 6.33. The second kappa shape index (κ2) is 8.95. The number of hydrogen-bond acceptors (Lipinski definition) is 6.